The van der Waals surface area contributed by atoms with Crippen molar-refractivity contribution in [3.8, 4) is 22.9 Å². The van der Waals surface area contributed by atoms with E-state index in [1.807, 2.05) is 42.5 Å². The highest BCUT2D eigenvalue weighted by Crippen LogP contribution is 2.29. The lowest BCUT2D eigenvalue weighted by Crippen LogP contribution is -2.08. The molecule has 0 aliphatic carbocycles. The number of fused-ring (bicyclic) bond motifs is 1. The minimum absolute atomic E-state index is 0.205. The molecule has 1 aromatic heterocycles. The average Bonchev–Trinajstić information content (AvgIpc) is 3.09. The lowest BCUT2D eigenvalue weighted by molar-refractivity contribution is -0.111. The number of hydrogen-bond acceptors (Lipinski definition) is 5. The summed E-state index contributed by atoms with van der Waals surface area (Å²) in [6.45, 7) is 5.76. The first-order valence-electron chi connectivity index (χ1n) is 11.9. The molecule has 0 bridgehead atoms. The number of ether oxygens (including phenoxy) is 2. The number of nitrogens with zero attached hydrogens (tertiary/aromatic N) is 3. The van der Waals surface area contributed by atoms with Gasteiger partial charge in [-0.3, -0.25) is 4.79 Å². The summed E-state index contributed by atoms with van der Waals surface area (Å²) in [5, 5.41) is 11.7. The molecule has 1 aliphatic heterocycles. The molecule has 0 saturated carbocycles. The highest BCUT2D eigenvalue weighted by atomic mass is 16.5. The third-order valence-corrected chi connectivity index (χ3v) is 5.71. The second-order valence-electron chi connectivity index (χ2n) is 8.92. The maximum absolute atomic E-state index is 12.4. The number of aryl methyl sites for hydroxylation is 1. The van der Waals surface area contributed by atoms with Gasteiger partial charge in [-0.15, -0.1) is 10.2 Å². The predicted octanol–water partition coefficient (Wildman–Crippen LogP) is 5.37. The number of rotatable bonds is 8. The highest BCUT2D eigenvalue weighted by Gasteiger charge is 2.16. The molecule has 0 fully saturated rings. The summed E-state index contributed by atoms with van der Waals surface area (Å²) < 4.78 is 13.4. The van der Waals surface area contributed by atoms with Crippen LogP contribution in [0.25, 0.3) is 17.5 Å². The Kier molecular flexibility index (Phi) is 7.62. The quantitative estimate of drug-likeness (QED) is 0.458. The standard InChI is InChI=1S/C27H32N4O3/c1-19(2)18-34-23-14-8-20(17-24(23)33-3)9-15-26(32)28-22-12-10-21(11-13-22)27-30-29-25-7-5-4-6-16-31(25)27/h8-15,17,19H,4-7,16,18H2,1-3H3,(H,28,32). The van der Waals surface area contributed by atoms with E-state index in [1.165, 1.54) is 18.9 Å². The lowest BCUT2D eigenvalue weighted by atomic mass is 10.1. The summed E-state index contributed by atoms with van der Waals surface area (Å²) in [7, 11) is 1.61. The van der Waals surface area contributed by atoms with E-state index in [0.717, 1.165) is 47.8 Å². The van der Waals surface area contributed by atoms with Crippen LogP contribution in [0.2, 0.25) is 0 Å². The fourth-order valence-electron chi connectivity index (χ4n) is 3.92. The van der Waals surface area contributed by atoms with Gasteiger partial charge in [0.25, 0.3) is 0 Å². The molecule has 4 rings (SSSR count). The van der Waals surface area contributed by atoms with Crippen LogP contribution in [0.15, 0.2) is 48.5 Å². The van der Waals surface area contributed by atoms with Gasteiger partial charge in [0, 0.05) is 30.3 Å². The monoisotopic (exact) mass is 460 g/mol. The van der Waals surface area contributed by atoms with Crippen LogP contribution >= 0.6 is 0 Å². The molecule has 7 heteroatoms. The second kappa shape index (κ2) is 11.0. The van der Waals surface area contributed by atoms with Crippen molar-refractivity contribution in [3.63, 3.8) is 0 Å². The zero-order valence-corrected chi connectivity index (χ0v) is 20.1. The van der Waals surface area contributed by atoms with Gasteiger partial charge in [-0.25, -0.2) is 0 Å². The van der Waals surface area contributed by atoms with Crippen molar-refractivity contribution < 1.29 is 14.3 Å². The minimum Gasteiger partial charge on any atom is -0.493 e. The Balaban J connectivity index is 1.38. The summed E-state index contributed by atoms with van der Waals surface area (Å²) in [4.78, 5) is 12.4. The molecule has 0 unspecified atom stereocenters. The third-order valence-electron chi connectivity index (χ3n) is 5.71. The van der Waals surface area contributed by atoms with Gasteiger partial charge in [0.1, 0.15) is 5.82 Å². The Morgan fingerprint density at radius 3 is 2.68 bits per heavy atom. The van der Waals surface area contributed by atoms with Gasteiger partial charge in [-0.2, -0.15) is 0 Å². The van der Waals surface area contributed by atoms with E-state index >= 15 is 0 Å². The number of carbonyl (C=O) groups excluding carboxylic acids is 1. The summed E-state index contributed by atoms with van der Waals surface area (Å²) in [6.07, 6.45) is 7.79. The smallest absolute Gasteiger partial charge is 0.248 e. The Bertz CT molecular complexity index is 1150. The molecule has 34 heavy (non-hydrogen) atoms. The molecular weight excluding hydrogens is 428 g/mol. The minimum atomic E-state index is -0.205. The first-order chi connectivity index (χ1) is 16.5. The molecule has 0 atom stereocenters. The molecule has 178 valence electrons. The van der Waals surface area contributed by atoms with Crippen LogP contribution in [-0.4, -0.2) is 34.4 Å². The van der Waals surface area contributed by atoms with Crippen molar-refractivity contribution in [2.45, 2.75) is 46.1 Å². The number of anilines is 1. The first kappa shape index (κ1) is 23.5. The maximum atomic E-state index is 12.4. The van der Waals surface area contributed by atoms with Crippen molar-refractivity contribution >= 4 is 17.7 Å². The van der Waals surface area contributed by atoms with Gasteiger partial charge >= 0.3 is 0 Å². The molecule has 0 saturated heterocycles. The molecule has 7 nitrogen and oxygen atoms in total. The Morgan fingerprint density at radius 2 is 1.91 bits per heavy atom. The zero-order valence-electron chi connectivity index (χ0n) is 20.1. The summed E-state index contributed by atoms with van der Waals surface area (Å²) in [6, 6.07) is 13.4. The molecule has 0 radical (unpaired) electrons. The molecule has 3 aromatic rings. The van der Waals surface area contributed by atoms with Crippen molar-refractivity contribution in [1.82, 2.24) is 14.8 Å². The average molecular weight is 461 g/mol. The molecule has 2 heterocycles. The van der Waals surface area contributed by atoms with Gasteiger partial charge in [-0.1, -0.05) is 26.3 Å². The van der Waals surface area contributed by atoms with E-state index in [0.29, 0.717) is 24.0 Å². The van der Waals surface area contributed by atoms with Gasteiger partial charge < -0.3 is 19.4 Å². The summed E-state index contributed by atoms with van der Waals surface area (Å²) in [5.41, 5.74) is 2.58. The Morgan fingerprint density at radius 1 is 1.09 bits per heavy atom. The second-order valence-corrected chi connectivity index (χ2v) is 8.92. The summed E-state index contributed by atoms with van der Waals surface area (Å²) >= 11 is 0. The van der Waals surface area contributed by atoms with Crippen molar-refractivity contribution in [2.75, 3.05) is 19.0 Å². The Labute approximate surface area is 200 Å². The summed E-state index contributed by atoms with van der Waals surface area (Å²) in [5.74, 6) is 3.51. The van der Waals surface area contributed by atoms with E-state index in [-0.39, 0.29) is 5.91 Å². The molecule has 1 amide bonds. The van der Waals surface area contributed by atoms with Gasteiger partial charge in [0.2, 0.25) is 5.91 Å². The third kappa shape index (κ3) is 5.84. The molecule has 1 aliphatic rings. The number of aromatic nitrogens is 3. The van der Waals surface area contributed by atoms with Gasteiger partial charge in [-0.05, 0) is 66.8 Å². The zero-order chi connectivity index (χ0) is 23.9. The van der Waals surface area contributed by atoms with Crippen LogP contribution in [0, 0.1) is 5.92 Å². The van der Waals surface area contributed by atoms with Crippen LogP contribution in [0.5, 0.6) is 11.5 Å². The van der Waals surface area contributed by atoms with E-state index < -0.39 is 0 Å². The number of amides is 1. The fourth-order valence-corrected chi connectivity index (χ4v) is 3.92. The number of methoxy groups -OCH3 is 1. The SMILES string of the molecule is COc1cc(C=CC(=O)Nc2ccc(-c3nnc4n3CCCCC4)cc2)ccc1OCC(C)C. The molecule has 0 spiro atoms. The van der Waals surface area contributed by atoms with Crippen LogP contribution in [-0.2, 0) is 17.8 Å². The number of hydrogen-bond donors (Lipinski definition) is 1. The fraction of sp³-hybridized carbons (Fsp3) is 0.370. The highest BCUT2D eigenvalue weighted by molar-refractivity contribution is 6.02. The molecular formula is C27H32N4O3. The van der Waals surface area contributed by atoms with Crippen LogP contribution in [0.4, 0.5) is 5.69 Å². The topological polar surface area (TPSA) is 78.3 Å². The van der Waals surface area contributed by atoms with Crippen LogP contribution in [0.1, 0.15) is 44.5 Å². The maximum Gasteiger partial charge on any atom is 0.248 e. The number of carbonyl (C=O) groups is 1. The molecule has 1 N–H and O–H groups in total. The van der Waals surface area contributed by atoms with Crippen molar-refractivity contribution in [1.29, 1.82) is 0 Å². The van der Waals surface area contributed by atoms with E-state index in [1.54, 1.807) is 13.2 Å². The van der Waals surface area contributed by atoms with Crippen LogP contribution < -0.4 is 14.8 Å². The molecule has 2 aromatic carbocycles. The van der Waals surface area contributed by atoms with Gasteiger partial charge in [0.05, 0.1) is 13.7 Å². The van der Waals surface area contributed by atoms with E-state index in [4.69, 9.17) is 9.47 Å². The van der Waals surface area contributed by atoms with E-state index in [2.05, 4.69) is 33.9 Å². The number of nitrogens with one attached hydrogen (secondary N) is 1. The largest absolute Gasteiger partial charge is 0.493 e. The first-order valence-corrected chi connectivity index (χ1v) is 11.9. The normalized spacial score (nSPS) is 13.5. The predicted molar refractivity (Wildman–Crippen MR) is 134 cm³/mol. The number of benzene rings is 2. The Hall–Kier alpha value is -3.61. The van der Waals surface area contributed by atoms with Crippen LogP contribution in [0.3, 0.4) is 0 Å². The lowest BCUT2D eigenvalue weighted by Gasteiger charge is -2.12. The van der Waals surface area contributed by atoms with E-state index in [9.17, 15) is 4.79 Å². The van der Waals surface area contributed by atoms with Crippen molar-refractivity contribution in [2.24, 2.45) is 5.92 Å². The van der Waals surface area contributed by atoms with Crippen molar-refractivity contribution in [3.05, 3.63) is 59.9 Å². The van der Waals surface area contributed by atoms with Gasteiger partial charge in [0.15, 0.2) is 17.3 Å².